The predicted molar refractivity (Wildman–Crippen MR) is 118 cm³/mol. The SMILES string of the molecule is CN=C(NCCC(F)(F)F)N1CCC(N(CC2CC2)C(=O)OC(C)(C)C)CC1.I. The highest BCUT2D eigenvalue weighted by molar-refractivity contribution is 14.0. The number of carbonyl (C=O) groups excluding carboxylic acids is 1. The van der Waals surface area contributed by atoms with E-state index < -0.39 is 18.2 Å². The van der Waals surface area contributed by atoms with E-state index in [2.05, 4.69) is 10.3 Å². The van der Waals surface area contributed by atoms with E-state index in [1.165, 1.54) is 0 Å². The van der Waals surface area contributed by atoms with Gasteiger partial charge in [0.25, 0.3) is 0 Å². The molecule has 1 saturated carbocycles. The minimum Gasteiger partial charge on any atom is -0.444 e. The Balaban J connectivity index is 0.00000420. The summed E-state index contributed by atoms with van der Waals surface area (Å²) < 4.78 is 42.6. The van der Waals surface area contributed by atoms with Crippen LogP contribution in [0.5, 0.6) is 0 Å². The maximum absolute atomic E-state index is 12.7. The fourth-order valence-electron chi connectivity index (χ4n) is 3.31. The standard InChI is InChI=1S/C19H33F3N4O2.HI/c1-18(2,3)28-17(27)26(13-14-5-6-14)15-7-11-25(12-8-15)16(23-4)24-10-9-19(20,21)22;/h14-15H,5-13H2,1-4H3,(H,23,24);1H. The molecule has 0 spiro atoms. The average Bonchev–Trinajstić information content (AvgIpc) is 3.38. The van der Waals surface area contributed by atoms with E-state index in [-0.39, 0.29) is 42.7 Å². The van der Waals surface area contributed by atoms with Gasteiger partial charge in [-0.05, 0) is 52.4 Å². The van der Waals surface area contributed by atoms with Crippen molar-refractivity contribution in [1.29, 1.82) is 0 Å². The lowest BCUT2D eigenvalue weighted by Crippen LogP contribution is -2.52. The first-order chi connectivity index (χ1) is 13.0. The van der Waals surface area contributed by atoms with Gasteiger partial charge in [-0.1, -0.05) is 0 Å². The molecule has 0 aromatic rings. The van der Waals surface area contributed by atoms with Crippen LogP contribution < -0.4 is 5.32 Å². The molecule has 2 aliphatic rings. The molecule has 0 unspecified atom stereocenters. The first kappa shape index (κ1) is 26.1. The van der Waals surface area contributed by atoms with Crippen molar-refractivity contribution >= 4 is 36.0 Å². The number of alkyl halides is 3. The van der Waals surface area contributed by atoms with Crippen LogP contribution in [0.15, 0.2) is 4.99 Å². The van der Waals surface area contributed by atoms with Crippen molar-refractivity contribution in [3.05, 3.63) is 0 Å². The monoisotopic (exact) mass is 534 g/mol. The summed E-state index contributed by atoms with van der Waals surface area (Å²) in [5.74, 6) is 1.04. The third kappa shape index (κ3) is 9.61. The second-order valence-corrected chi connectivity index (χ2v) is 8.63. The van der Waals surface area contributed by atoms with Gasteiger partial charge in [-0.2, -0.15) is 13.2 Å². The zero-order chi connectivity index (χ0) is 20.9. The van der Waals surface area contributed by atoms with Crippen LogP contribution in [0.4, 0.5) is 18.0 Å². The molecular weight excluding hydrogens is 500 g/mol. The molecule has 1 amide bonds. The smallest absolute Gasteiger partial charge is 0.410 e. The molecule has 1 aliphatic carbocycles. The second kappa shape index (κ2) is 10.9. The number of halogens is 4. The van der Waals surface area contributed by atoms with Crippen LogP contribution in [0.2, 0.25) is 0 Å². The highest BCUT2D eigenvalue weighted by Gasteiger charge is 2.36. The summed E-state index contributed by atoms with van der Waals surface area (Å²) in [4.78, 5) is 20.6. The molecular formula is C19H34F3IN4O2. The number of hydrogen-bond donors (Lipinski definition) is 1. The molecule has 2 fully saturated rings. The molecule has 0 aromatic heterocycles. The lowest BCUT2D eigenvalue weighted by molar-refractivity contribution is -0.132. The van der Waals surface area contributed by atoms with Crippen LogP contribution >= 0.6 is 24.0 Å². The predicted octanol–water partition coefficient (Wildman–Crippen LogP) is 4.24. The Hall–Kier alpha value is -0.940. The Bertz CT molecular complexity index is 555. The number of carbonyl (C=O) groups is 1. The van der Waals surface area contributed by atoms with Gasteiger partial charge >= 0.3 is 12.3 Å². The number of rotatable bonds is 5. The van der Waals surface area contributed by atoms with Crippen LogP contribution in [-0.2, 0) is 4.74 Å². The third-order valence-electron chi connectivity index (χ3n) is 4.89. The van der Waals surface area contributed by atoms with Crippen molar-refractivity contribution in [3.63, 3.8) is 0 Å². The van der Waals surface area contributed by atoms with E-state index in [1.807, 2.05) is 30.6 Å². The van der Waals surface area contributed by atoms with Gasteiger partial charge in [-0.25, -0.2) is 4.79 Å². The Kier molecular flexibility index (Phi) is 9.81. The first-order valence-corrected chi connectivity index (χ1v) is 10.0. The number of ether oxygens (including phenoxy) is 1. The minimum absolute atomic E-state index is 0. The van der Waals surface area contributed by atoms with Crippen molar-refractivity contribution in [1.82, 2.24) is 15.1 Å². The first-order valence-electron chi connectivity index (χ1n) is 10.0. The Morgan fingerprint density at radius 3 is 2.21 bits per heavy atom. The number of likely N-dealkylation sites (tertiary alicyclic amines) is 1. The van der Waals surface area contributed by atoms with E-state index in [1.54, 1.807) is 7.05 Å². The van der Waals surface area contributed by atoms with Crippen LogP contribution in [0.1, 0.15) is 52.9 Å². The topological polar surface area (TPSA) is 57.2 Å². The zero-order valence-corrected chi connectivity index (χ0v) is 20.0. The number of aliphatic imine (C=N–C) groups is 1. The lowest BCUT2D eigenvalue weighted by Gasteiger charge is -2.40. The molecule has 29 heavy (non-hydrogen) atoms. The number of hydrogen-bond acceptors (Lipinski definition) is 3. The molecule has 0 radical (unpaired) electrons. The minimum atomic E-state index is -4.18. The van der Waals surface area contributed by atoms with E-state index >= 15 is 0 Å². The van der Waals surface area contributed by atoms with E-state index in [0.29, 0.717) is 25.0 Å². The van der Waals surface area contributed by atoms with Crippen LogP contribution in [0, 0.1) is 5.92 Å². The van der Waals surface area contributed by atoms with Crippen LogP contribution in [0.25, 0.3) is 0 Å². The molecule has 170 valence electrons. The summed E-state index contributed by atoms with van der Waals surface area (Å²) in [7, 11) is 1.57. The summed E-state index contributed by atoms with van der Waals surface area (Å²) in [5, 5.41) is 2.79. The second-order valence-electron chi connectivity index (χ2n) is 8.63. The van der Waals surface area contributed by atoms with Gasteiger partial charge in [-0.3, -0.25) is 4.99 Å². The van der Waals surface area contributed by atoms with E-state index in [9.17, 15) is 18.0 Å². The molecule has 1 heterocycles. The molecule has 6 nitrogen and oxygen atoms in total. The number of guanidine groups is 1. The van der Waals surface area contributed by atoms with Gasteiger partial charge in [0, 0.05) is 39.3 Å². The van der Waals surface area contributed by atoms with Crippen molar-refractivity contribution in [3.8, 4) is 0 Å². The Morgan fingerprint density at radius 1 is 1.17 bits per heavy atom. The maximum atomic E-state index is 12.7. The number of piperidine rings is 1. The highest BCUT2D eigenvalue weighted by Crippen LogP contribution is 2.32. The zero-order valence-electron chi connectivity index (χ0n) is 17.7. The normalized spacial score (nSPS) is 18.9. The van der Waals surface area contributed by atoms with Crippen LogP contribution in [0.3, 0.4) is 0 Å². The van der Waals surface area contributed by atoms with E-state index in [0.717, 1.165) is 32.2 Å². The van der Waals surface area contributed by atoms with Gasteiger partial charge < -0.3 is 19.9 Å². The molecule has 0 bridgehead atoms. The molecule has 0 aromatic carbocycles. The summed E-state index contributed by atoms with van der Waals surface area (Å²) in [6.45, 7) is 7.39. The summed E-state index contributed by atoms with van der Waals surface area (Å²) >= 11 is 0. The summed E-state index contributed by atoms with van der Waals surface area (Å²) in [6, 6.07) is 0.0833. The number of nitrogens with one attached hydrogen (secondary N) is 1. The molecule has 0 atom stereocenters. The Morgan fingerprint density at radius 2 is 1.76 bits per heavy atom. The Labute approximate surface area is 188 Å². The van der Waals surface area contributed by atoms with Gasteiger partial charge in [0.05, 0.1) is 6.42 Å². The van der Waals surface area contributed by atoms with Crippen molar-refractivity contribution in [2.45, 2.75) is 70.7 Å². The molecule has 1 N–H and O–H groups in total. The third-order valence-corrected chi connectivity index (χ3v) is 4.89. The van der Waals surface area contributed by atoms with Crippen molar-refractivity contribution in [2.75, 3.05) is 33.2 Å². The quantitative estimate of drug-likeness (QED) is 0.326. The van der Waals surface area contributed by atoms with Crippen molar-refractivity contribution < 1.29 is 22.7 Å². The van der Waals surface area contributed by atoms with E-state index in [4.69, 9.17) is 4.74 Å². The summed E-state index contributed by atoms with van der Waals surface area (Å²) in [5.41, 5.74) is -0.538. The molecule has 2 rings (SSSR count). The molecule has 10 heteroatoms. The summed E-state index contributed by atoms with van der Waals surface area (Å²) in [6.07, 6.45) is -1.57. The molecule has 1 aliphatic heterocycles. The maximum Gasteiger partial charge on any atom is 0.410 e. The lowest BCUT2D eigenvalue weighted by atomic mass is 10.0. The van der Waals surface area contributed by atoms with Gasteiger partial charge in [-0.15, -0.1) is 24.0 Å². The average molecular weight is 534 g/mol. The van der Waals surface area contributed by atoms with Crippen LogP contribution in [-0.4, -0.2) is 72.9 Å². The number of nitrogens with zero attached hydrogens (tertiary/aromatic N) is 3. The molecule has 1 saturated heterocycles. The van der Waals surface area contributed by atoms with Crippen molar-refractivity contribution in [2.24, 2.45) is 10.9 Å². The largest absolute Gasteiger partial charge is 0.444 e. The fourth-order valence-corrected chi connectivity index (χ4v) is 3.31. The van der Waals surface area contributed by atoms with Gasteiger partial charge in [0.15, 0.2) is 5.96 Å². The van der Waals surface area contributed by atoms with Gasteiger partial charge in [0.1, 0.15) is 5.60 Å². The fraction of sp³-hybridized carbons (Fsp3) is 0.895. The number of amides is 1. The highest BCUT2D eigenvalue weighted by atomic mass is 127. The van der Waals surface area contributed by atoms with Gasteiger partial charge in [0.2, 0.25) is 0 Å².